The lowest BCUT2D eigenvalue weighted by atomic mass is 9.98. The number of allylic oxidation sites excluding steroid dienone is 2. The zero-order valence-corrected chi connectivity index (χ0v) is 9.17. The van der Waals surface area contributed by atoms with Gasteiger partial charge in [-0.2, -0.15) is 0 Å². The second kappa shape index (κ2) is 2.96. The molecule has 0 saturated heterocycles. The Morgan fingerprint density at radius 3 is 2.60 bits per heavy atom. The zero-order valence-electron chi connectivity index (χ0n) is 9.17. The van der Waals surface area contributed by atoms with Crippen LogP contribution >= 0.6 is 0 Å². The normalized spacial score (nSPS) is 14.8. The first-order valence-electron chi connectivity index (χ1n) is 5.45. The average Bonchev–Trinajstić information content (AvgIpc) is 2.55. The van der Waals surface area contributed by atoms with Crippen LogP contribution in [-0.4, -0.2) is 0 Å². The molecule has 0 fully saturated rings. The molecule has 0 spiro atoms. The highest BCUT2D eigenvalue weighted by atomic mass is 14.2. The van der Waals surface area contributed by atoms with E-state index in [0.717, 1.165) is 6.42 Å². The van der Waals surface area contributed by atoms with Crippen molar-refractivity contribution < 1.29 is 0 Å². The van der Waals surface area contributed by atoms with Crippen LogP contribution in [0, 0.1) is 0 Å². The minimum atomic E-state index is 1.13. The number of rotatable bonds is 0. The van der Waals surface area contributed by atoms with Gasteiger partial charge in [-0.25, -0.2) is 0 Å². The Hall–Kier alpha value is -1.56. The molecule has 0 heterocycles. The highest BCUT2D eigenvalue weighted by Crippen LogP contribution is 2.37. The molecule has 0 heteroatoms. The minimum Gasteiger partial charge on any atom is -0.0654 e. The summed E-state index contributed by atoms with van der Waals surface area (Å²) in [4.78, 5) is 0. The van der Waals surface area contributed by atoms with E-state index >= 15 is 0 Å². The van der Waals surface area contributed by atoms with E-state index in [1.807, 2.05) is 0 Å². The van der Waals surface area contributed by atoms with Crippen LogP contribution < -0.4 is 0 Å². The Labute approximate surface area is 90.2 Å². The van der Waals surface area contributed by atoms with Gasteiger partial charge in [0, 0.05) is 0 Å². The summed E-state index contributed by atoms with van der Waals surface area (Å²) in [7, 11) is 0. The van der Waals surface area contributed by atoms with Crippen LogP contribution in [0.4, 0.5) is 0 Å². The fourth-order valence-corrected chi connectivity index (χ4v) is 2.54. The Balaban J connectivity index is 2.45. The fourth-order valence-electron chi connectivity index (χ4n) is 2.54. The quantitative estimate of drug-likeness (QED) is 0.590. The van der Waals surface area contributed by atoms with E-state index in [2.05, 4.69) is 50.2 Å². The van der Waals surface area contributed by atoms with E-state index in [-0.39, 0.29) is 0 Å². The van der Waals surface area contributed by atoms with Crippen molar-refractivity contribution >= 4 is 16.3 Å². The van der Waals surface area contributed by atoms with E-state index in [9.17, 15) is 0 Å². The van der Waals surface area contributed by atoms with Crippen molar-refractivity contribution in [2.45, 2.75) is 20.3 Å². The van der Waals surface area contributed by atoms with Gasteiger partial charge in [0.25, 0.3) is 0 Å². The molecule has 0 N–H and O–H groups in total. The van der Waals surface area contributed by atoms with Crippen molar-refractivity contribution in [2.24, 2.45) is 0 Å². The van der Waals surface area contributed by atoms with Crippen LogP contribution in [0.1, 0.15) is 25.0 Å². The molecule has 0 radical (unpaired) electrons. The molecule has 0 aliphatic heterocycles. The Bertz CT molecular complexity index is 574. The number of fused-ring (bicyclic) bond motifs is 3. The van der Waals surface area contributed by atoms with Crippen molar-refractivity contribution in [3.63, 3.8) is 0 Å². The molecule has 74 valence electrons. The number of benzene rings is 2. The molecule has 3 rings (SSSR count). The monoisotopic (exact) mass is 194 g/mol. The summed E-state index contributed by atoms with van der Waals surface area (Å²) in [6, 6.07) is 13.2. The number of hydrogen-bond acceptors (Lipinski definition) is 0. The van der Waals surface area contributed by atoms with Crippen LogP contribution in [0.5, 0.6) is 0 Å². The first-order valence-corrected chi connectivity index (χ1v) is 5.45. The molecule has 0 amide bonds. The van der Waals surface area contributed by atoms with Crippen LogP contribution in [0.25, 0.3) is 16.3 Å². The SMILES string of the molecule is CC1=C(C)c2c(ccc3ccccc23)C1. The van der Waals surface area contributed by atoms with E-state index < -0.39 is 0 Å². The Kier molecular flexibility index (Phi) is 1.72. The Morgan fingerprint density at radius 2 is 1.73 bits per heavy atom. The summed E-state index contributed by atoms with van der Waals surface area (Å²) in [5.41, 5.74) is 5.96. The summed E-state index contributed by atoms with van der Waals surface area (Å²) < 4.78 is 0. The molecule has 1 aliphatic carbocycles. The van der Waals surface area contributed by atoms with Crippen molar-refractivity contribution in [1.29, 1.82) is 0 Å². The molecule has 0 bridgehead atoms. The smallest absolute Gasteiger partial charge is 0.00577 e. The highest BCUT2D eigenvalue weighted by molar-refractivity contribution is 5.97. The third-order valence-electron chi connectivity index (χ3n) is 3.49. The maximum absolute atomic E-state index is 2.28. The van der Waals surface area contributed by atoms with Gasteiger partial charge in [-0.05, 0) is 47.7 Å². The highest BCUT2D eigenvalue weighted by Gasteiger charge is 2.17. The van der Waals surface area contributed by atoms with Gasteiger partial charge in [-0.1, -0.05) is 42.0 Å². The van der Waals surface area contributed by atoms with Gasteiger partial charge in [-0.15, -0.1) is 0 Å². The average molecular weight is 194 g/mol. The predicted molar refractivity (Wildman–Crippen MR) is 65.9 cm³/mol. The standard InChI is InChI=1S/C15H14/c1-10-9-13-8-7-12-5-3-4-6-14(12)15(13)11(10)2/h3-8H,9H2,1-2H3. The number of hydrogen-bond donors (Lipinski definition) is 0. The van der Waals surface area contributed by atoms with Crippen molar-refractivity contribution in [2.75, 3.05) is 0 Å². The molecule has 0 nitrogen and oxygen atoms in total. The van der Waals surface area contributed by atoms with Crippen LogP contribution in [0.3, 0.4) is 0 Å². The summed E-state index contributed by atoms with van der Waals surface area (Å²) >= 11 is 0. The van der Waals surface area contributed by atoms with E-state index in [4.69, 9.17) is 0 Å². The molecule has 15 heavy (non-hydrogen) atoms. The fraction of sp³-hybridized carbons (Fsp3) is 0.200. The predicted octanol–water partition coefficient (Wildman–Crippen LogP) is 4.19. The van der Waals surface area contributed by atoms with Gasteiger partial charge in [-0.3, -0.25) is 0 Å². The zero-order chi connectivity index (χ0) is 10.4. The van der Waals surface area contributed by atoms with Gasteiger partial charge in [0.15, 0.2) is 0 Å². The molecular formula is C15H14. The second-order valence-corrected chi connectivity index (χ2v) is 4.40. The largest absolute Gasteiger partial charge is 0.0654 e. The van der Waals surface area contributed by atoms with Gasteiger partial charge >= 0.3 is 0 Å². The molecule has 0 unspecified atom stereocenters. The molecule has 1 aliphatic rings. The van der Waals surface area contributed by atoms with Gasteiger partial charge < -0.3 is 0 Å². The molecule has 2 aromatic rings. The third kappa shape index (κ3) is 1.14. The lowest BCUT2D eigenvalue weighted by Crippen LogP contribution is -1.85. The lowest BCUT2D eigenvalue weighted by molar-refractivity contribution is 1.20. The van der Waals surface area contributed by atoms with Gasteiger partial charge in [0.05, 0.1) is 0 Å². The Morgan fingerprint density at radius 1 is 0.933 bits per heavy atom. The summed E-state index contributed by atoms with van der Waals surface area (Å²) in [5, 5.41) is 2.76. The van der Waals surface area contributed by atoms with Crippen LogP contribution in [0.15, 0.2) is 42.0 Å². The van der Waals surface area contributed by atoms with E-state index in [1.165, 1.54) is 33.0 Å². The summed E-state index contributed by atoms with van der Waals surface area (Å²) in [6.07, 6.45) is 1.13. The van der Waals surface area contributed by atoms with Gasteiger partial charge in [0.2, 0.25) is 0 Å². The molecule has 2 aromatic carbocycles. The summed E-state index contributed by atoms with van der Waals surface area (Å²) in [5.74, 6) is 0. The van der Waals surface area contributed by atoms with Gasteiger partial charge in [0.1, 0.15) is 0 Å². The van der Waals surface area contributed by atoms with Crippen LogP contribution in [-0.2, 0) is 6.42 Å². The van der Waals surface area contributed by atoms with E-state index in [1.54, 1.807) is 0 Å². The first-order chi connectivity index (χ1) is 7.27. The van der Waals surface area contributed by atoms with Crippen molar-refractivity contribution in [3.8, 4) is 0 Å². The maximum Gasteiger partial charge on any atom is -0.00577 e. The lowest BCUT2D eigenvalue weighted by Gasteiger charge is -2.06. The van der Waals surface area contributed by atoms with Crippen molar-refractivity contribution in [1.82, 2.24) is 0 Å². The molecular weight excluding hydrogens is 180 g/mol. The molecule has 0 aromatic heterocycles. The minimum absolute atomic E-state index is 1.13. The van der Waals surface area contributed by atoms with Crippen molar-refractivity contribution in [3.05, 3.63) is 53.1 Å². The molecule has 0 atom stereocenters. The first kappa shape index (κ1) is 8.72. The maximum atomic E-state index is 2.28. The van der Waals surface area contributed by atoms with E-state index in [0.29, 0.717) is 0 Å². The third-order valence-corrected chi connectivity index (χ3v) is 3.49. The summed E-state index contributed by atoms with van der Waals surface area (Å²) in [6.45, 7) is 4.48. The molecule has 0 saturated carbocycles. The second-order valence-electron chi connectivity index (χ2n) is 4.40. The van der Waals surface area contributed by atoms with Crippen LogP contribution in [0.2, 0.25) is 0 Å². The topological polar surface area (TPSA) is 0 Å².